The van der Waals surface area contributed by atoms with Crippen molar-refractivity contribution in [3.8, 4) is 0 Å². The standard InChI is InChI=1S/C30H62O11.2C4H6O2/c1-21(32)12-33-23(3)14-35-25(5)16-37-27(7)18-39-29(9)20-41-30(10)19-40-28(8)17-38-26(6)15-36-24(4)13-34-22(2)11-31;2*1-3(2)4(5)6/h21-32H,11-20H2,1-10H3;2*1H2,2H3,(H,5,6). The minimum atomic E-state index is -0.935. The molecule has 0 aromatic heterocycles. The summed E-state index contributed by atoms with van der Waals surface area (Å²) in [5.74, 6) is -1.87. The number of aliphatic hydroxyl groups excluding tert-OH is 2. The van der Waals surface area contributed by atoms with E-state index in [-0.39, 0.29) is 72.7 Å². The van der Waals surface area contributed by atoms with Crippen LogP contribution in [-0.2, 0) is 52.2 Å². The number of carbonyl (C=O) groups is 2. The van der Waals surface area contributed by atoms with Gasteiger partial charge >= 0.3 is 11.9 Å². The second-order valence-corrected chi connectivity index (χ2v) is 13.5. The van der Waals surface area contributed by atoms with Crippen molar-refractivity contribution < 1.29 is 72.6 Å². The lowest BCUT2D eigenvalue weighted by atomic mass is 10.3. The monoisotopic (exact) mass is 771 g/mol. The Morgan fingerprint density at radius 2 is 0.566 bits per heavy atom. The predicted molar refractivity (Wildman–Crippen MR) is 202 cm³/mol. The Morgan fingerprint density at radius 3 is 0.698 bits per heavy atom. The Balaban J connectivity index is -0.00000177. The molecule has 0 saturated heterocycles. The summed E-state index contributed by atoms with van der Waals surface area (Å²) in [5, 5.41) is 34.1. The normalized spacial score (nSPS) is 16.9. The lowest BCUT2D eigenvalue weighted by Gasteiger charge is -2.23. The van der Waals surface area contributed by atoms with Crippen LogP contribution in [0.15, 0.2) is 24.3 Å². The molecule has 316 valence electrons. The van der Waals surface area contributed by atoms with Gasteiger partial charge in [0.1, 0.15) is 0 Å². The van der Waals surface area contributed by atoms with Gasteiger partial charge in [-0.3, -0.25) is 0 Å². The van der Waals surface area contributed by atoms with Crippen LogP contribution in [0.3, 0.4) is 0 Å². The van der Waals surface area contributed by atoms with Crippen LogP contribution in [-0.4, -0.2) is 159 Å². The molecule has 0 bridgehead atoms. The lowest BCUT2D eigenvalue weighted by Crippen LogP contribution is -2.30. The van der Waals surface area contributed by atoms with Crippen molar-refractivity contribution >= 4 is 11.9 Å². The van der Waals surface area contributed by atoms with Crippen molar-refractivity contribution in [3.63, 3.8) is 0 Å². The molecule has 0 aliphatic heterocycles. The highest BCUT2D eigenvalue weighted by atomic mass is 16.6. The maximum Gasteiger partial charge on any atom is 0.330 e. The van der Waals surface area contributed by atoms with Crippen LogP contribution in [0.2, 0.25) is 0 Å². The van der Waals surface area contributed by atoms with Crippen molar-refractivity contribution in [2.75, 3.05) is 66.1 Å². The number of aliphatic carboxylic acids is 2. The smallest absolute Gasteiger partial charge is 0.330 e. The average molecular weight is 771 g/mol. The number of rotatable bonds is 30. The molecule has 10 unspecified atom stereocenters. The first-order valence-electron chi connectivity index (χ1n) is 18.2. The molecule has 15 heteroatoms. The molecule has 0 radical (unpaired) electrons. The zero-order valence-electron chi connectivity index (χ0n) is 34.5. The topological polar surface area (TPSA) is 198 Å². The number of hydrogen-bond acceptors (Lipinski definition) is 13. The van der Waals surface area contributed by atoms with Gasteiger partial charge < -0.3 is 63.1 Å². The van der Waals surface area contributed by atoms with Gasteiger partial charge in [0.15, 0.2) is 0 Å². The van der Waals surface area contributed by atoms with Crippen molar-refractivity contribution in [3.05, 3.63) is 24.3 Å². The summed E-state index contributed by atoms with van der Waals surface area (Å²) in [4.78, 5) is 19.2. The maximum atomic E-state index is 9.60. The second-order valence-electron chi connectivity index (χ2n) is 13.5. The van der Waals surface area contributed by atoms with E-state index in [4.69, 9.17) is 58.0 Å². The number of carboxylic acids is 2. The van der Waals surface area contributed by atoms with E-state index >= 15 is 0 Å². The van der Waals surface area contributed by atoms with Crippen LogP contribution in [0.5, 0.6) is 0 Å². The number of ether oxygens (including phenoxy) is 9. The Morgan fingerprint density at radius 1 is 0.415 bits per heavy atom. The average Bonchev–Trinajstić information content (AvgIpc) is 3.10. The first kappa shape index (κ1) is 55.3. The van der Waals surface area contributed by atoms with Crippen LogP contribution in [0.4, 0.5) is 0 Å². The molecule has 0 aromatic rings. The quantitative estimate of drug-likeness (QED) is 0.0754. The molecule has 0 aliphatic carbocycles. The fourth-order valence-electron chi connectivity index (χ4n) is 3.14. The van der Waals surface area contributed by atoms with Gasteiger partial charge in [-0.2, -0.15) is 0 Å². The summed E-state index contributed by atoms with van der Waals surface area (Å²) >= 11 is 0. The molecule has 0 aromatic carbocycles. The van der Waals surface area contributed by atoms with Crippen molar-refractivity contribution in [1.82, 2.24) is 0 Å². The van der Waals surface area contributed by atoms with Crippen LogP contribution < -0.4 is 0 Å². The summed E-state index contributed by atoms with van der Waals surface area (Å²) in [6, 6.07) is 0. The first-order chi connectivity index (χ1) is 24.6. The predicted octanol–water partition coefficient (Wildman–Crippen LogP) is 4.30. The van der Waals surface area contributed by atoms with E-state index in [1.165, 1.54) is 13.8 Å². The summed E-state index contributed by atoms with van der Waals surface area (Å²) in [6.07, 6.45) is -1.29. The maximum absolute atomic E-state index is 9.60. The summed E-state index contributed by atoms with van der Waals surface area (Å²) in [5.41, 5.74) is 0.352. The molecule has 0 saturated carbocycles. The second kappa shape index (κ2) is 34.5. The van der Waals surface area contributed by atoms with Gasteiger partial charge in [0.05, 0.1) is 127 Å². The molecule has 53 heavy (non-hydrogen) atoms. The molecule has 0 heterocycles. The third-order valence-electron chi connectivity index (χ3n) is 6.53. The molecule has 0 amide bonds. The highest BCUT2D eigenvalue weighted by Gasteiger charge is 2.15. The van der Waals surface area contributed by atoms with Gasteiger partial charge in [-0.15, -0.1) is 0 Å². The van der Waals surface area contributed by atoms with Crippen LogP contribution >= 0.6 is 0 Å². The Kier molecular flexibility index (Phi) is 36.0. The Bertz CT molecular complexity index is 883. The number of hydrogen-bond donors (Lipinski definition) is 4. The highest BCUT2D eigenvalue weighted by Crippen LogP contribution is 2.06. The third-order valence-corrected chi connectivity index (χ3v) is 6.53. The minimum absolute atomic E-state index is 0.00335. The first-order valence-corrected chi connectivity index (χ1v) is 18.2. The van der Waals surface area contributed by atoms with E-state index in [9.17, 15) is 14.7 Å². The van der Waals surface area contributed by atoms with E-state index in [1.54, 1.807) is 6.92 Å². The fourth-order valence-corrected chi connectivity index (χ4v) is 3.14. The van der Waals surface area contributed by atoms with Crippen LogP contribution in [0.1, 0.15) is 83.1 Å². The summed E-state index contributed by atoms with van der Waals surface area (Å²) < 4.78 is 51.8. The number of carboxylic acid groups (broad SMARTS) is 2. The van der Waals surface area contributed by atoms with Crippen molar-refractivity contribution in [2.45, 2.75) is 144 Å². The SMILES string of the molecule is C=C(C)C(=O)O.C=C(C)C(=O)O.CC(O)COC(C)COC(C)COC(C)COC(C)COC(C)COC(C)COC(C)COC(C)COC(C)CO. The molecular formula is C38H74O15. The molecular weight excluding hydrogens is 696 g/mol. The zero-order valence-corrected chi connectivity index (χ0v) is 34.5. The van der Waals surface area contributed by atoms with Crippen molar-refractivity contribution in [2.24, 2.45) is 0 Å². The molecule has 10 atom stereocenters. The molecule has 0 spiro atoms. The highest BCUT2D eigenvalue weighted by molar-refractivity contribution is 5.85. The Hall–Kier alpha value is -2.02. The van der Waals surface area contributed by atoms with Gasteiger partial charge in [-0.1, -0.05) is 13.2 Å². The Labute approximate surface area is 318 Å². The molecule has 0 rings (SSSR count). The van der Waals surface area contributed by atoms with E-state index in [2.05, 4.69) is 13.2 Å². The van der Waals surface area contributed by atoms with Gasteiger partial charge in [0, 0.05) is 11.1 Å². The van der Waals surface area contributed by atoms with Gasteiger partial charge in [-0.05, 0) is 83.1 Å². The van der Waals surface area contributed by atoms with Gasteiger partial charge in [0.25, 0.3) is 0 Å². The molecule has 0 fully saturated rings. The summed E-state index contributed by atoms with van der Waals surface area (Å²) in [6.45, 7) is 32.3. The van der Waals surface area contributed by atoms with E-state index < -0.39 is 18.0 Å². The van der Waals surface area contributed by atoms with Crippen molar-refractivity contribution in [1.29, 1.82) is 0 Å². The molecule has 0 aliphatic rings. The van der Waals surface area contributed by atoms with E-state index in [0.717, 1.165) is 0 Å². The largest absolute Gasteiger partial charge is 0.478 e. The van der Waals surface area contributed by atoms with Crippen LogP contribution in [0.25, 0.3) is 0 Å². The van der Waals surface area contributed by atoms with E-state index in [0.29, 0.717) is 59.5 Å². The van der Waals surface area contributed by atoms with E-state index in [1.807, 2.05) is 62.3 Å². The fraction of sp³-hybridized carbons (Fsp3) is 0.842. The minimum Gasteiger partial charge on any atom is -0.478 e. The summed E-state index contributed by atoms with van der Waals surface area (Å²) in [7, 11) is 0. The lowest BCUT2D eigenvalue weighted by molar-refractivity contribution is -0.133. The van der Waals surface area contributed by atoms with Crippen LogP contribution in [0, 0.1) is 0 Å². The molecule has 4 N–H and O–H groups in total. The van der Waals surface area contributed by atoms with Gasteiger partial charge in [0.2, 0.25) is 0 Å². The molecule has 15 nitrogen and oxygen atoms in total. The van der Waals surface area contributed by atoms with Gasteiger partial charge in [-0.25, -0.2) is 9.59 Å². The zero-order chi connectivity index (χ0) is 41.5. The third kappa shape index (κ3) is 41.0. The number of aliphatic hydroxyl groups is 2.